The fourth-order valence-corrected chi connectivity index (χ4v) is 2.47. The fraction of sp³-hybridized carbons (Fsp3) is 0.688. The molecule has 0 unspecified atom stereocenters. The van der Waals surface area contributed by atoms with Crippen molar-refractivity contribution in [2.45, 2.75) is 64.6 Å². The van der Waals surface area contributed by atoms with Gasteiger partial charge in [0.1, 0.15) is 12.7 Å². The maximum absolute atomic E-state index is 12.8. The zero-order valence-electron chi connectivity index (χ0n) is 16.3. The number of rotatable bonds is 6. The fourth-order valence-electron chi connectivity index (χ4n) is 2.47. The van der Waals surface area contributed by atoms with Crippen LogP contribution in [0.4, 0.5) is 13.2 Å². The molecule has 0 aliphatic carbocycles. The van der Waals surface area contributed by atoms with E-state index in [0.29, 0.717) is 0 Å². The number of hydrogen-bond donors (Lipinski definition) is 1. The topological polar surface area (TPSA) is 148 Å². The lowest BCUT2D eigenvalue weighted by molar-refractivity contribution is -0.295. The Morgan fingerprint density at radius 3 is 1.70 bits per heavy atom. The molecule has 1 saturated heterocycles. The highest BCUT2D eigenvalue weighted by atomic mass is 19.4. The third-order valence-electron chi connectivity index (χ3n) is 3.44. The Hall–Kier alpha value is -2.90. The van der Waals surface area contributed by atoms with Crippen LogP contribution < -0.4 is 0 Å². The van der Waals surface area contributed by atoms with Gasteiger partial charge >= 0.3 is 30.1 Å². The number of alkyl halides is 3. The third kappa shape index (κ3) is 7.50. The number of esters is 4. The van der Waals surface area contributed by atoms with Crippen molar-refractivity contribution in [2.75, 3.05) is 6.61 Å². The van der Waals surface area contributed by atoms with Crippen LogP contribution in [0, 0.1) is 5.41 Å². The average Bonchev–Trinajstić information content (AvgIpc) is 2.56. The number of nitrogens with one attached hydrogen (secondary N) is 1. The molecule has 1 aliphatic heterocycles. The molecular weight excluding hydrogens is 423 g/mol. The van der Waals surface area contributed by atoms with Gasteiger partial charge in [-0.15, -0.1) is 0 Å². The van der Waals surface area contributed by atoms with E-state index in [1.807, 2.05) is 0 Å². The van der Waals surface area contributed by atoms with Crippen molar-refractivity contribution in [2.24, 2.45) is 0 Å². The molecule has 11 nitrogen and oxygen atoms in total. The van der Waals surface area contributed by atoms with Crippen molar-refractivity contribution >= 4 is 29.8 Å². The van der Waals surface area contributed by atoms with Gasteiger partial charge < -0.3 is 28.4 Å². The molecule has 0 aromatic heterocycles. The highest BCUT2D eigenvalue weighted by Gasteiger charge is 2.54. The summed E-state index contributed by atoms with van der Waals surface area (Å²) in [5.41, 5.74) is 0. The smallest absolute Gasteiger partial charge is 0.463 e. The van der Waals surface area contributed by atoms with E-state index in [-0.39, 0.29) is 0 Å². The predicted molar refractivity (Wildman–Crippen MR) is 86.8 cm³/mol. The maximum atomic E-state index is 12.8. The van der Waals surface area contributed by atoms with Crippen LogP contribution in [0.3, 0.4) is 0 Å². The number of carbonyl (C=O) groups excluding carboxylic acids is 4. The molecule has 0 radical (unpaired) electrons. The lowest BCUT2D eigenvalue weighted by atomic mass is 9.98. The van der Waals surface area contributed by atoms with Crippen LogP contribution in [-0.4, -0.2) is 73.3 Å². The van der Waals surface area contributed by atoms with Gasteiger partial charge in [0.2, 0.25) is 12.4 Å². The molecule has 0 amide bonds. The van der Waals surface area contributed by atoms with Gasteiger partial charge in [-0.1, -0.05) is 0 Å². The summed E-state index contributed by atoms with van der Waals surface area (Å²) in [6.07, 6.45) is -13.9. The van der Waals surface area contributed by atoms with E-state index in [1.165, 1.54) is 0 Å². The van der Waals surface area contributed by atoms with Gasteiger partial charge in [-0.3, -0.25) is 24.6 Å². The summed E-state index contributed by atoms with van der Waals surface area (Å²) in [4.78, 5) is 45.6. The molecule has 170 valence electrons. The van der Waals surface area contributed by atoms with Crippen molar-refractivity contribution in [1.29, 1.82) is 5.41 Å². The van der Waals surface area contributed by atoms with Crippen LogP contribution in [0.2, 0.25) is 0 Å². The van der Waals surface area contributed by atoms with E-state index in [2.05, 4.69) is 4.74 Å². The molecule has 14 heteroatoms. The molecule has 1 fully saturated rings. The van der Waals surface area contributed by atoms with E-state index >= 15 is 0 Å². The van der Waals surface area contributed by atoms with Crippen LogP contribution in [0.5, 0.6) is 0 Å². The summed E-state index contributed by atoms with van der Waals surface area (Å²) in [6.45, 7) is 3.22. The first kappa shape index (κ1) is 25.1. The molecule has 0 bridgehead atoms. The number of carbonyl (C=O) groups is 4. The zero-order chi connectivity index (χ0) is 23.2. The first-order valence-electron chi connectivity index (χ1n) is 8.35. The second kappa shape index (κ2) is 10.2. The Labute approximate surface area is 168 Å². The van der Waals surface area contributed by atoms with Gasteiger partial charge in [-0.05, 0) is 0 Å². The Morgan fingerprint density at radius 1 is 0.800 bits per heavy atom. The Kier molecular flexibility index (Phi) is 8.57. The second-order valence-electron chi connectivity index (χ2n) is 6.01. The molecule has 1 rings (SSSR count). The van der Waals surface area contributed by atoms with Gasteiger partial charge in [-0.25, -0.2) is 0 Å². The molecule has 0 saturated carbocycles. The van der Waals surface area contributed by atoms with Crippen LogP contribution >= 0.6 is 0 Å². The maximum Gasteiger partial charge on any atom is 0.467 e. The first-order chi connectivity index (χ1) is 13.7. The lowest BCUT2D eigenvalue weighted by Gasteiger charge is -2.43. The van der Waals surface area contributed by atoms with Crippen molar-refractivity contribution in [3.8, 4) is 0 Å². The summed E-state index contributed by atoms with van der Waals surface area (Å²) in [5.74, 6) is -5.88. The minimum Gasteiger partial charge on any atom is -0.463 e. The van der Waals surface area contributed by atoms with Crippen molar-refractivity contribution < 1.29 is 60.8 Å². The standard InChI is InChI=1S/C16H20F3NO10/c1-6(21)25-5-10-11(26-7(2)22)12(27-8(3)23)13(28-9(4)24)14(29-10)30-15(20)16(17,18)19/h10-14,20H,5H2,1-4H3/t10-,11-,12+,13-,14-/m1/s1. The van der Waals surface area contributed by atoms with Gasteiger partial charge in [0.15, 0.2) is 12.2 Å². The molecule has 1 aliphatic rings. The zero-order valence-corrected chi connectivity index (χ0v) is 16.3. The van der Waals surface area contributed by atoms with E-state index in [0.717, 1.165) is 27.7 Å². The molecule has 0 aromatic carbocycles. The first-order valence-corrected chi connectivity index (χ1v) is 8.35. The summed E-state index contributed by atoms with van der Waals surface area (Å²) >= 11 is 0. The second-order valence-corrected chi connectivity index (χ2v) is 6.01. The summed E-state index contributed by atoms with van der Waals surface area (Å²) in [7, 11) is 0. The normalized spacial score (nSPS) is 26.2. The molecule has 5 atom stereocenters. The minimum absolute atomic E-state index is 0.642. The van der Waals surface area contributed by atoms with Gasteiger partial charge in [0, 0.05) is 27.7 Å². The lowest BCUT2D eigenvalue weighted by Crippen LogP contribution is -2.63. The van der Waals surface area contributed by atoms with Crippen LogP contribution in [-0.2, 0) is 47.6 Å². The molecular formula is C16H20F3NO10. The van der Waals surface area contributed by atoms with Gasteiger partial charge in [0.05, 0.1) is 0 Å². The van der Waals surface area contributed by atoms with Crippen molar-refractivity contribution in [3.05, 3.63) is 0 Å². The highest BCUT2D eigenvalue weighted by molar-refractivity contribution is 5.78. The summed E-state index contributed by atoms with van der Waals surface area (Å²) < 4.78 is 67.7. The molecule has 1 heterocycles. The van der Waals surface area contributed by atoms with E-state index in [9.17, 15) is 32.3 Å². The monoisotopic (exact) mass is 443 g/mol. The highest BCUT2D eigenvalue weighted by Crippen LogP contribution is 2.31. The van der Waals surface area contributed by atoms with Crippen LogP contribution in [0.25, 0.3) is 0 Å². The Morgan fingerprint density at radius 2 is 1.27 bits per heavy atom. The molecule has 1 N–H and O–H groups in total. The van der Waals surface area contributed by atoms with Crippen molar-refractivity contribution in [1.82, 2.24) is 0 Å². The van der Waals surface area contributed by atoms with E-state index in [1.54, 1.807) is 0 Å². The summed E-state index contributed by atoms with van der Waals surface area (Å²) in [6, 6.07) is 0. The Bertz CT molecular complexity index is 695. The molecule has 0 spiro atoms. The number of hydrogen-bond acceptors (Lipinski definition) is 11. The average molecular weight is 443 g/mol. The van der Waals surface area contributed by atoms with Crippen molar-refractivity contribution in [3.63, 3.8) is 0 Å². The van der Waals surface area contributed by atoms with Crippen LogP contribution in [0.15, 0.2) is 0 Å². The third-order valence-corrected chi connectivity index (χ3v) is 3.44. The SMILES string of the molecule is CC(=O)OC[C@H]1O[C@H](OC(=N)C(F)(F)F)[C@H](OC(C)=O)[C@@H](OC(C)=O)[C@@H]1OC(C)=O. The molecule has 0 aromatic rings. The Balaban J connectivity index is 3.37. The van der Waals surface area contributed by atoms with Gasteiger partial charge in [0.25, 0.3) is 5.90 Å². The predicted octanol–water partition coefficient (Wildman–Crippen LogP) is 0.626. The van der Waals surface area contributed by atoms with E-state index < -0.39 is 73.3 Å². The quantitative estimate of drug-likeness (QED) is 0.268. The molecule has 30 heavy (non-hydrogen) atoms. The number of halogens is 3. The number of ether oxygens (including phenoxy) is 6. The van der Waals surface area contributed by atoms with E-state index in [4.69, 9.17) is 29.1 Å². The van der Waals surface area contributed by atoms with Gasteiger partial charge in [-0.2, -0.15) is 13.2 Å². The largest absolute Gasteiger partial charge is 0.467 e. The van der Waals surface area contributed by atoms with Crippen LogP contribution in [0.1, 0.15) is 27.7 Å². The summed E-state index contributed by atoms with van der Waals surface area (Å²) in [5, 5.41) is 7.01. The minimum atomic E-state index is -5.21.